The van der Waals surface area contributed by atoms with Gasteiger partial charge < -0.3 is 5.32 Å². The monoisotopic (exact) mass is 259 g/mol. The first-order chi connectivity index (χ1) is 9.27. The van der Waals surface area contributed by atoms with E-state index in [9.17, 15) is 0 Å². The zero-order valence-corrected chi connectivity index (χ0v) is 12.8. The summed E-state index contributed by atoms with van der Waals surface area (Å²) >= 11 is 0. The lowest BCUT2D eigenvalue weighted by molar-refractivity contribution is 0.359. The van der Waals surface area contributed by atoms with E-state index >= 15 is 0 Å². The summed E-state index contributed by atoms with van der Waals surface area (Å²) in [6, 6.07) is 9.79. The highest BCUT2D eigenvalue weighted by Crippen LogP contribution is 2.40. The van der Waals surface area contributed by atoms with Gasteiger partial charge in [0.05, 0.1) is 0 Å². The molecule has 1 nitrogen and oxygen atoms in total. The molecule has 2 rings (SSSR count). The molecule has 0 aromatic heterocycles. The van der Waals surface area contributed by atoms with Crippen LogP contribution < -0.4 is 5.32 Å². The first-order valence-corrected chi connectivity index (χ1v) is 8.10. The Morgan fingerprint density at radius 2 is 1.84 bits per heavy atom. The fraction of sp³-hybridized carbons (Fsp3) is 0.667. The molecule has 1 aliphatic rings. The van der Waals surface area contributed by atoms with E-state index in [0.29, 0.717) is 6.04 Å². The van der Waals surface area contributed by atoms with E-state index in [1.54, 1.807) is 11.1 Å². The minimum Gasteiger partial charge on any atom is -0.313 e. The van der Waals surface area contributed by atoms with Crippen LogP contribution in [-0.2, 0) is 0 Å². The Bertz CT molecular complexity index is 385. The van der Waals surface area contributed by atoms with Gasteiger partial charge in [0.2, 0.25) is 0 Å². The molecule has 1 aliphatic carbocycles. The molecule has 0 bridgehead atoms. The normalized spacial score (nSPS) is 23.9. The number of hydrogen-bond acceptors (Lipinski definition) is 1. The highest BCUT2D eigenvalue weighted by Gasteiger charge is 2.29. The van der Waals surface area contributed by atoms with Crippen LogP contribution in [0.5, 0.6) is 0 Å². The first kappa shape index (κ1) is 14.6. The van der Waals surface area contributed by atoms with E-state index in [1.165, 1.54) is 32.1 Å². The van der Waals surface area contributed by atoms with Crippen LogP contribution in [-0.4, -0.2) is 12.6 Å². The molecule has 0 aliphatic heterocycles. The summed E-state index contributed by atoms with van der Waals surface area (Å²) in [6.07, 6.45) is 6.49. The summed E-state index contributed by atoms with van der Waals surface area (Å²) in [7, 11) is 0. The average Bonchev–Trinajstić information content (AvgIpc) is 2.45. The van der Waals surface area contributed by atoms with Gasteiger partial charge in [-0.25, -0.2) is 0 Å². The molecular weight excluding hydrogens is 230 g/mol. The van der Waals surface area contributed by atoms with Crippen molar-refractivity contribution in [3.63, 3.8) is 0 Å². The van der Waals surface area contributed by atoms with E-state index in [0.717, 1.165) is 18.4 Å². The molecule has 0 saturated carbocycles. The van der Waals surface area contributed by atoms with Gasteiger partial charge in [-0.1, -0.05) is 51.5 Å². The summed E-state index contributed by atoms with van der Waals surface area (Å²) in [6.45, 7) is 8.09. The number of hydrogen-bond donors (Lipinski definition) is 1. The van der Waals surface area contributed by atoms with E-state index < -0.39 is 0 Å². The molecule has 3 atom stereocenters. The van der Waals surface area contributed by atoms with Gasteiger partial charge in [-0.3, -0.25) is 0 Å². The van der Waals surface area contributed by atoms with Crippen molar-refractivity contribution in [2.24, 2.45) is 0 Å². The molecule has 0 heterocycles. The van der Waals surface area contributed by atoms with Crippen LogP contribution in [0, 0.1) is 0 Å². The van der Waals surface area contributed by atoms with Crippen molar-refractivity contribution in [2.45, 2.75) is 70.8 Å². The Hall–Kier alpha value is -0.820. The predicted molar refractivity (Wildman–Crippen MR) is 83.8 cm³/mol. The Labute approximate surface area is 118 Å². The largest absolute Gasteiger partial charge is 0.313 e. The Morgan fingerprint density at radius 3 is 2.53 bits per heavy atom. The van der Waals surface area contributed by atoms with Crippen LogP contribution in [0.3, 0.4) is 0 Å². The van der Waals surface area contributed by atoms with Crippen molar-refractivity contribution in [1.82, 2.24) is 5.32 Å². The van der Waals surface area contributed by atoms with Gasteiger partial charge in [-0.2, -0.15) is 0 Å². The van der Waals surface area contributed by atoms with E-state index in [2.05, 4.69) is 50.4 Å². The molecule has 0 spiro atoms. The van der Waals surface area contributed by atoms with E-state index in [-0.39, 0.29) is 0 Å². The van der Waals surface area contributed by atoms with Crippen LogP contribution in [0.2, 0.25) is 0 Å². The zero-order valence-electron chi connectivity index (χ0n) is 12.8. The first-order valence-electron chi connectivity index (χ1n) is 8.10. The number of rotatable bonds is 6. The Balaban J connectivity index is 2.20. The second-order valence-corrected chi connectivity index (χ2v) is 6.06. The van der Waals surface area contributed by atoms with Gasteiger partial charge in [0.1, 0.15) is 0 Å². The minimum atomic E-state index is 0.665. The molecule has 106 valence electrons. The summed E-state index contributed by atoms with van der Waals surface area (Å²) in [5.41, 5.74) is 3.21. The van der Waals surface area contributed by atoms with Gasteiger partial charge in [-0.05, 0) is 55.2 Å². The van der Waals surface area contributed by atoms with Gasteiger partial charge in [-0.15, -0.1) is 0 Å². The quantitative estimate of drug-likeness (QED) is 0.771. The zero-order chi connectivity index (χ0) is 13.7. The van der Waals surface area contributed by atoms with Gasteiger partial charge >= 0.3 is 0 Å². The van der Waals surface area contributed by atoms with Crippen LogP contribution in [0.15, 0.2) is 24.3 Å². The summed E-state index contributed by atoms with van der Waals surface area (Å²) in [5.74, 6) is 1.46. The molecule has 1 aromatic carbocycles. The molecule has 0 amide bonds. The molecule has 1 aromatic rings. The molecule has 1 heteroatoms. The van der Waals surface area contributed by atoms with Crippen molar-refractivity contribution >= 4 is 0 Å². The SMILES string of the molecule is CCCNC(CCC)C1CCC(C)c2ccccc21. The van der Waals surface area contributed by atoms with Crippen LogP contribution in [0.4, 0.5) is 0 Å². The lowest BCUT2D eigenvalue weighted by Crippen LogP contribution is -2.37. The number of nitrogens with one attached hydrogen (secondary N) is 1. The maximum absolute atomic E-state index is 3.80. The van der Waals surface area contributed by atoms with Crippen molar-refractivity contribution in [1.29, 1.82) is 0 Å². The summed E-state index contributed by atoms with van der Waals surface area (Å²) in [5, 5.41) is 3.80. The van der Waals surface area contributed by atoms with Crippen LogP contribution >= 0.6 is 0 Å². The highest BCUT2D eigenvalue weighted by atomic mass is 14.9. The van der Waals surface area contributed by atoms with E-state index in [1.807, 2.05) is 0 Å². The standard InChI is InChI=1S/C18H29N/c1-4-8-18(19-13-5-2)17-12-11-14(3)15-9-6-7-10-16(15)17/h6-7,9-10,14,17-19H,4-5,8,11-13H2,1-3H3. The Kier molecular flexibility index (Phi) is 5.45. The summed E-state index contributed by atoms with van der Waals surface area (Å²) in [4.78, 5) is 0. The van der Waals surface area contributed by atoms with Crippen molar-refractivity contribution in [2.75, 3.05) is 6.54 Å². The van der Waals surface area contributed by atoms with Gasteiger partial charge in [0.15, 0.2) is 0 Å². The summed E-state index contributed by atoms with van der Waals surface area (Å²) < 4.78 is 0. The third kappa shape index (κ3) is 3.39. The highest BCUT2D eigenvalue weighted by molar-refractivity contribution is 5.36. The molecule has 0 radical (unpaired) electrons. The lowest BCUT2D eigenvalue weighted by Gasteiger charge is -2.35. The van der Waals surface area contributed by atoms with Crippen LogP contribution in [0.25, 0.3) is 0 Å². The van der Waals surface area contributed by atoms with Gasteiger partial charge in [0.25, 0.3) is 0 Å². The number of benzene rings is 1. The smallest absolute Gasteiger partial charge is 0.0136 e. The van der Waals surface area contributed by atoms with Crippen LogP contribution in [0.1, 0.15) is 75.8 Å². The minimum absolute atomic E-state index is 0.665. The van der Waals surface area contributed by atoms with E-state index in [4.69, 9.17) is 0 Å². The molecule has 0 saturated heterocycles. The lowest BCUT2D eigenvalue weighted by atomic mass is 9.73. The molecule has 1 N–H and O–H groups in total. The maximum atomic E-state index is 3.80. The fourth-order valence-electron chi connectivity index (χ4n) is 3.54. The fourth-order valence-corrected chi connectivity index (χ4v) is 3.54. The third-order valence-corrected chi connectivity index (χ3v) is 4.58. The van der Waals surface area contributed by atoms with Gasteiger partial charge in [0, 0.05) is 6.04 Å². The molecular formula is C18H29N. The Morgan fingerprint density at radius 1 is 1.11 bits per heavy atom. The maximum Gasteiger partial charge on any atom is 0.0136 e. The van der Waals surface area contributed by atoms with Crippen molar-refractivity contribution in [3.05, 3.63) is 35.4 Å². The topological polar surface area (TPSA) is 12.0 Å². The average molecular weight is 259 g/mol. The number of fused-ring (bicyclic) bond motifs is 1. The molecule has 3 unspecified atom stereocenters. The molecule has 19 heavy (non-hydrogen) atoms. The van der Waals surface area contributed by atoms with Crippen molar-refractivity contribution in [3.8, 4) is 0 Å². The second kappa shape index (κ2) is 7.09. The third-order valence-electron chi connectivity index (χ3n) is 4.58. The second-order valence-electron chi connectivity index (χ2n) is 6.06. The van der Waals surface area contributed by atoms with Crippen molar-refractivity contribution < 1.29 is 0 Å². The molecule has 0 fully saturated rings. The predicted octanol–water partition coefficient (Wildman–Crippen LogP) is 4.84.